The predicted molar refractivity (Wildman–Crippen MR) is 107 cm³/mol. The molecular weight excluding hydrogens is 404 g/mol. The van der Waals surface area contributed by atoms with Crippen molar-refractivity contribution in [2.45, 2.75) is 23.8 Å². The van der Waals surface area contributed by atoms with E-state index in [-0.39, 0.29) is 24.7 Å². The number of nitrogens with zero attached hydrogens (tertiary/aromatic N) is 2. The van der Waals surface area contributed by atoms with Gasteiger partial charge in [-0.25, -0.2) is 0 Å². The number of aliphatic hydroxyl groups excluding tert-OH is 2. The van der Waals surface area contributed by atoms with Gasteiger partial charge in [0.15, 0.2) is 11.2 Å². The predicted octanol–water partition coefficient (Wildman–Crippen LogP) is 1.77. The lowest BCUT2D eigenvalue weighted by Gasteiger charge is -2.48. The second-order valence-electron chi connectivity index (χ2n) is 7.35. The summed E-state index contributed by atoms with van der Waals surface area (Å²) < 4.78 is 29.3. The van der Waals surface area contributed by atoms with Gasteiger partial charge >= 0.3 is 0 Å². The fourth-order valence-corrected chi connectivity index (χ4v) is 3.36. The molecule has 4 heterocycles. The van der Waals surface area contributed by atoms with Crippen LogP contribution in [0.3, 0.4) is 0 Å². The van der Waals surface area contributed by atoms with Crippen molar-refractivity contribution >= 4 is 0 Å². The summed E-state index contributed by atoms with van der Waals surface area (Å²) in [5.41, 5.74) is -1.53. The molecule has 2 aromatic heterocycles. The van der Waals surface area contributed by atoms with Gasteiger partial charge in [0.2, 0.25) is 12.6 Å². The molecule has 2 N–H and O–H groups in total. The lowest BCUT2D eigenvalue weighted by molar-refractivity contribution is -0.309. The minimum atomic E-state index is -1.46. The number of aliphatic hydroxyl groups is 2. The number of pyridine rings is 2. The lowest BCUT2D eigenvalue weighted by atomic mass is 9.97. The zero-order valence-corrected chi connectivity index (χ0v) is 16.8. The van der Waals surface area contributed by atoms with E-state index in [1.165, 1.54) is 0 Å². The Balaban J connectivity index is 1.50. The molecule has 0 radical (unpaired) electrons. The van der Waals surface area contributed by atoms with Crippen LogP contribution in [-0.4, -0.2) is 57.8 Å². The zero-order valence-electron chi connectivity index (χ0n) is 16.8. The van der Waals surface area contributed by atoms with Crippen LogP contribution in [0.5, 0.6) is 0 Å². The van der Waals surface area contributed by atoms with Gasteiger partial charge in [0.25, 0.3) is 0 Å². The van der Waals surface area contributed by atoms with Crippen LogP contribution in [0.4, 0.5) is 0 Å². The number of aromatic nitrogens is 2. The Bertz CT molecular complexity index is 850. The summed E-state index contributed by atoms with van der Waals surface area (Å²) in [7, 11) is 0. The number of rotatable bonds is 6. The second kappa shape index (κ2) is 8.74. The Morgan fingerprint density at radius 2 is 1.32 bits per heavy atom. The molecule has 0 amide bonds. The largest absolute Gasteiger partial charge is 0.462 e. The smallest absolute Gasteiger partial charge is 0.227 e. The first-order valence-electron chi connectivity index (χ1n) is 9.69. The van der Waals surface area contributed by atoms with Crippen LogP contribution >= 0.6 is 0 Å². The first-order chi connectivity index (χ1) is 15.0. The van der Waals surface area contributed by atoms with Crippen molar-refractivity contribution in [1.82, 2.24) is 9.97 Å². The number of hydrogen-bond donors (Lipinski definition) is 2. The van der Waals surface area contributed by atoms with Crippen LogP contribution in [0.15, 0.2) is 73.7 Å². The van der Waals surface area contributed by atoms with Gasteiger partial charge in [0.05, 0.1) is 26.4 Å². The summed E-state index contributed by atoms with van der Waals surface area (Å²) >= 11 is 0. The average Bonchev–Trinajstić information content (AvgIpc) is 2.83. The number of ether oxygens (including phenoxy) is 5. The molecule has 0 saturated carbocycles. The van der Waals surface area contributed by atoms with Crippen LogP contribution in [-0.2, 0) is 23.7 Å². The van der Waals surface area contributed by atoms with Gasteiger partial charge in [-0.2, -0.15) is 0 Å². The van der Waals surface area contributed by atoms with Crippen molar-refractivity contribution in [1.29, 1.82) is 0 Å². The molecule has 4 atom stereocenters. The molecule has 2 saturated heterocycles. The molecule has 2 aliphatic rings. The van der Waals surface area contributed by atoms with Crippen LogP contribution in [0, 0.1) is 0 Å². The maximum Gasteiger partial charge on any atom is 0.227 e. The third-order valence-corrected chi connectivity index (χ3v) is 5.27. The van der Waals surface area contributed by atoms with Crippen molar-refractivity contribution in [3.63, 3.8) is 0 Å². The van der Waals surface area contributed by atoms with E-state index < -0.39 is 37.0 Å². The van der Waals surface area contributed by atoms with E-state index in [0.29, 0.717) is 11.1 Å². The summed E-state index contributed by atoms with van der Waals surface area (Å²) in [5, 5.41) is 20.3. The van der Waals surface area contributed by atoms with Crippen LogP contribution in [0.2, 0.25) is 0 Å². The minimum absolute atomic E-state index is 0.0804. The quantitative estimate of drug-likeness (QED) is 0.711. The molecule has 164 valence electrons. The van der Waals surface area contributed by atoms with E-state index in [0.717, 1.165) is 0 Å². The zero-order chi connectivity index (χ0) is 21.9. The summed E-state index contributed by atoms with van der Waals surface area (Å²) in [6.07, 6.45) is 5.02. The Kier molecular flexibility index (Phi) is 6.03. The van der Waals surface area contributed by atoms with Crippen molar-refractivity contribution in [3.05, 3.63) is 84.9 Å². The van der Waals surface area contributed by atoms with E-state index in [2.05, 4.69) is 23.1 Å². The molecule has 0 aliphatic carbocycles. The van der Waals surface area contributed by atoms with Crippen molar-refractivity contribution in [3.8, 4) is 0 Å². The highest BCUT2D eigenvalue weighted by Crippen LogP contribution is 2.42. The summed E-state index contributed by atoms with van der Waals surface area (Å²) in [5.74, 6) is 0.287. The molecular formula is C22H24N2O7. The molecule has 2 aromatic rings. The third kappa shape index (κ3) is 4.06. The monoisotopic (exact) mass is 428 g/mol. The molecule has 4 unspecified atom stereocenters. The molecule has 2 aliphatic heterocycles. The molecule has 2 fully saturated rings. The SMILES string of the molecule is C=C1OC(c2cccnc2)OCC1(CO)OC1(CO)COC(c2cccnc2)OC1=C. The van der Waals surface area contributed by atoms with Gasteiger partial charge < -0.3 is 33.9 Å². The highest BCUT2D eigenvalue weighted by atomic mass is 16.7. The first-order valence-corrected chi connectivity index (χ1v) is 9.69. The van der Waals surface area contributed by atoms with Gasteiger partial charge in [-0.15, -0.1) is 0 Å². The Hall–Kier alpha value is -2.82. The number of hydrogen-bond acceptors (Lipinski definition) is 9. The Labute approximate surface area is 179 Å². The van der Waals surface area contributed by atoms with Gasteiger partial charge in [-0.1, -0.05) is 13.2 Å². The molecule has 31 heavy (non-hydrogen) atoms. The average molecular weight is 428 g/mol. The van der Waals surface area contributed by atoms with Gasteiger partial charge in [0, 0.05) is 35.9 Å². The fourth-order valence-electron chi connectivity index (χ4n) is 3.36. The standard InChI is InChI=1S/C22H24N2O7/c1-15-21(11-25,13-27-19(29-15)17-5-3-7-23-9-17)31-22(12-26)14-28-20(30-16(22)2)18-6-4-8-24-10-18/h3-10,19-20,25-26H,1-2,11-14H2. The van der Waals surface area contributed by atoms with Crippen LogP contribution in [0.25, 0.3) is 0 Å². The molecule has 9 nitrogen and oxygen atoms in total. The summed E-state index contributed by atoms with van der Waals surface area (Å²) in [6.45, 7) is 6.67. The third-order valence-electron chi connectivity index (χ3n) is 5.27. The molecule has 0 aromatic carbocycles. The lowest BCUT2D eigenvalue weighted by Crippen LogP contribution is -2.59. The van der Waals surface area contributed by atoms with E-state index in [9.17, 15) is 10.2 Å². The minimum Gasteiger partial charge on any atom is -0.462 e. The van der Waals surface area contributed by atoms with Gasteiger partial charge in [-0.3, -0.25) is 9.97 Å². The van der Waals surface area contributed by atoms with E-state index in [1.54, 1.807) is 49.1 Å². The van der Waals surface area contributed by atoms with Gasteiger partial charge in [-0.05, 0) is 24.3 Å². The second-order valence-corrected chi connectivity index (χ2v) is 7.35. The van der Waals surface area contributed by atoms with Crippen LogP contribution in [0.1, 0.15) is 23.7 Å². The van der Waals surface area contributed by atoms with E-state index in [4.69, 9.17) is 23.7 Å². The van der Waals surface area contributed by atoms with E-state index in [1.807, 2.05) is 0 Å². The molecule has 9 heteroatoms. The molecule has 0 spiro atoms. The topological polar surface area (TPSA) is 112 Å². The summed E-state index contributed by atoms with van der Waals surface area (Å²) in [4.78, 5) is 8.10. The first kappa shape index (κ1) is 21.4. The summed E-state index contributed by atoms with van der Waals surface area (Å²) in [6, 6.07) is 7.12. The van der Waals surface area contributed by atoms with Gasteiger partial charge in [0.1, 0.15) is 11.5 Å². The maximum atomic E-state index is 10.2. The van der Waals surface area contributed by atoms with Crippen molar-refractivity contribution in [2.24, 2.45) is 0 Å². The molecule has 0 bridgehead atoms. The van der Waals surface area contributed by atoms with Crippen LogP contribution < -0.4 is 0 Å². The molecule has 4 rings (SSSR count). The normalized spacial score (nSPS) is 31.0. The van der Waals surface area contributed by atoms with E-state index >= 15 is 0 Å². The van der Waals surface area contributed by atoms with Crippen molar-refractivity contribution in [2.75, 3.05) is 26.4 Å². The highest BCUT2D eigenvalue weighted by molar-refractivity contribution is 5.20. The fraction of sp³-hybridized carbons (Fsp3) is 0.364. The Morgan fingerprint density at radius 3 is 1.65 bits per heavy atom. The van der Waals surface area contributed by atoms with Crippen molar-refractivity contribution < 1.29 is 33.9 Å². The Morgan fingerprint density at radius 1 is 0.871 bits per heavy atom. The highest BCUT2D eigenvalue weighted by Gasteiger charge is 2.52. The maximum absolute atomic E-state index is 10.2.